The van der Waals surface area contributed by atoms with Crippen LogP contribution < -0.4 is 5.32 Å². The molecular formula is C17H14ClN3. The number of benzene rings is 2. The Labute approximate surface area is 128 Å². The Morgan fingerprint density at radius 2 is 1.57 bits per heavy atom. The van der Waals surface area contributed by atoms with Gasteiger partial charge in [-0.25, -0.2) is 9.97 Å². The third kappa shape index (κ3) is 3.58. The lowest BCUT2D eigenvalue weighted by Crippen LogP contribution is -2.01. The number of rotatable bonds is 4. The van der Waals surface area contributed by atoms with Crippen molar-refractivity contribution in [3.05, 3.63) is 83.3 Å². The predicted octanol–water partition coefficient (Wildman–Crippen LogP) is 4.46. The van der Waals surface area contributed by atoms with Crippen LogP contribution in [0.25, 0.3) is 0 Å². The lowest BCUT2D eigenvalue weighted by Gasteiger charge is -2.11. The zero-order chi connectivity index (χ0) is 14.5. The third-order valence-corrected chi connectivity index (χ3v) is 3.29. The van der Waals surface area contributed by atoms with E-state index < -0.39 is 0 Å². The summed E-state index contributed by atoms with van der Waals surface area (Å²) in [7, 11) is 0. The van der Waals surface area contributed by atoms with Crippen molar-refractivity contribution >= 4 is 23.1 Å². The van der Waals surface area contributed by atoms with Crippen molar-refractivity contribution in [2.24, 2.45) is 0 Å². The van der Waals surface area contributed by atoms with Crippen LogP contribution in [0.5, 0.6) is 0 Å². The summed E-state index contributed by atoms with van der Waals surface area (Å²) in [6.07, 6.45) is 2.53. The van der Waals surface area contributed by atoms with Gasteiger partial charge in [0, 0.05) is 23.9 Å². The lowest BCUT2D eigenvalue weighted by atomic mass is 10.1. The van der Waals surface area contributed by atoms with E-state index in [0.717, 1.165) is 23.5 Å². The van der Waals surface area contributed by atoms with Crippen LogP contribution in [0, 0.1) is 0 Å². The smallest absolute Gasteiger partial charge is 0.224 e. The molecule has 2 aromatic carbocycles. The Hall–Kier alpha value is -2.39. The zero-order valence-electron chi connectivity index (χ0n) is 11.3. The molecule has 0 saturated carbocycles. The van der Waals surface area contributed by atoms with Crippen molar-refractivity contribution < 1.29 is 0 Å². The lowest BCUT2D eigenvalue weighted by molar-refractivity contribution is 1.07. The molecule has 3 rings (SSSR count). The van der Waals surface area contributed by atoms with Crippen molar-refractivity contribution in [1.82, 2.24) is 9.97 Å². The first kappa shape index (κ1) is 13.6. The molecule has 0 spiro atoms. The standard InChI is InChI=1S/C17H14ClN3/c18-17-19-12-14(11-13-7-3-1-4-8-13)16(21-17)20-15-9-5-2-6-10-15/h1-10,12H,11H2,(H,19,20,21). The second kappa shape index (κ2) is 6.37. The van der Waals surface area contributed by atoms with Crippen LogP contribution in [-0.2, 0) is 6.42 Å². The van der Waals surface area contributed by atoms with Crippen molar-refractivity contribution in [1.29, 1.82) is 0 Å². The van der Waals surface area contributed by atoms with Crippen LogP contribution in [0.15, 0.2) is 66.9 Å². The molecule has 0 fully saturated rings. The van der Waals surface area contributed by atoms with Crippen LogP contribution in [-0.4, -0.2) is 9.97 Å². The van der Waals surface area contributed by atoms with E-state index in [1.165, 1.54) is 5.56 Å². The molecule has 3 aromatic rings. The van der Waals surface area contributed by atoms with Crippen LogP contribution >= 0.6 is 11.6 Å². The average molecular weight is 296 g/mol. The first-order chi connectivity index (χ1) is 10.3. The number of hydrogen-bond acceptors (Lipinski definition) is 3. The largest absolute Gasteiger partial charge is 0.340 e. The summed E-state index contributed by atoms with van der Waals surface area (Å²) in [6, 6.07) is 20.1. The van der Waals surface area contributed by atoms with Gasteiger partial charge in [0.25, 0.3) is 0 Å². The van der Waals surface area contributed by atoms with Crippen molar-refractivity contribution in [2.75, 3.05) is 5.32 Å². The molecule has 0 aliphatic rings. The molecule has 0 aliphatic carbocycles. The Balaban J connectivity index is 1.90. The van der Waals surface area contributed by atoms with Gasteiger partial charge in [-0.2, -0.15) is 0 Å². The highest BCUT2D eigenvalue weighted by atomic mass is 35.5. The van der Waals surface area contributed by atoms with E-state index >= 15 is 0 Å². The fourth-order valence-corrected chi connectivity index (χ4v) is 2.23. The second-order valence-corrected chi connectivity index (χ2v) is 5.00. The number of halogens is 1. The highest BCUT2D eigenvalue weighted by Crippen LogP contribution is 2.22. The number of anilines is 2. The van der Waals surface area contributed by atoms with Gasteiger partial charge in [0.1, 0.15) is 5.82 Å². The number of para-hydroxylation sites is 1. The molecule has 0 bridgehead atoms. The molecule has 0 unspecified atom stereocenters. The number of nitrogens with zero attached hydrogens (tertiary/aromatic N) is 2. The Bertz CT molecular complexity index is 715. The maximum atomic E-state index is 5.92. The summed E-state index contributed by atoms with van der Waals surface area (Å²) in [5.74, 6) is 0.741. The molecule has 0 aliphatic heterocycles. The van der Waals surface area contributed by atoms with Gasteiger partial charge >= 0.3 is 0 Å². The first-order valence-corrected chi connectivity index (χ1v) is 7.06. The van der Waals surface area contributed by atoms with E-state index in [0.29, 0.717) is 0 Å². The van der Waals surface area contributed by atoms with Crippen molar-refractivity contribution in [3.63, 3.8) is 0 Å². The number of hydrogen-bond donors (Lipinski definition) is 1. The monoisotopic (exact) mass is 295 g/mol. The summed E-state index contributed by atoms with van der Waals surface area (Å²) in [5, 5.41) is 3.54. The molecule has 1 aromatic heterocycles. The highest BCUT2D eigenvalue weighted by Gasteiger charge is 2.07. The molecule has 0 amide bonds. The number of aromatic nitrogens is 2. The predicted molar refractivity (Wildman–Crippen MR) is 86.0 cm³/mol. The molecule has 0 radical (unpaired) electrons. The highest BCUT2D eigenvalue weighted by molar-refractivity contribution is 6.28. The van der Waals surface area contributed by atoms with Crippen LogP contribution in [0.4, 0.5) is 11.5 Å². The Kier molecular flexibility index (Phi) is 4.12. The van der Waals surface area contributed by atoms with E-state index in [1.54, 1.807) is 6.20 Å². The van der Waals surface area contributed by atoms with Gasteiger partial charge in [-0.1, -0.05) is 48.5 Å². The average Bonchev–Trinajstić information content (AvgIpc) is 2.52. The maximum Gasteiger partial charge on any atom is 0.224 e. The molecule has 3 nitrogen and oxygen atoms in total. The van der Waals surface area contributed by atoms with Crippen molar-refractivity contribution in [3.8, 4) is 0 Å². The van der Waals surface area contributed by atoms with Gasteiger partial charge in [0.05, 0.1) is 0 Å². The molecule has 21 heavy (non-hydrogen) atoms. The molecule has 4 heteroatoms. The van der Waals surface area contributed by atoms with Crippen LogP contribution in [0.1, 0.15) is 11.1 Å². The third-order valence-electron chi connectivity index (χ3n) is 3.11. The molecule has 1 heterocycles. The zero-order valence-corrected chi connectivity index (χ0v) is 12.1. The van der Waals surface area contributed by atoms with Crippen LogP contribution in [0.3, 0.4) is 0 Å². The van der Waals surface area contributed by atoms with E-state index in [-0.39, 0.29) is 5.28 Å². The molecule has 104 valence electrons. The van der Waals surface area contributed by atoms with Crippen molar-refractivity contribution in [2.45, 2.75) is 6.42 Å². The van der Waals surface area contributed by atoms with E-state index in [9.17, 15) is 0 Å². The molecule has 1 N–H and O–H groups in total. The van der Waals surface area contributed by atoms with Crippen LogP contribution in [0.2, 0.25) is 5.28 Å². The van der Waals surface area contributed by atoms with E-state index in [1.807, 2.05) is 48.5 Å². The maximum absolute atomic E-state index is 5.92. The van der Waals surface area contributed by atoms with E-state index in [4.69, 9.17) is 11.6 Å². The van der Waals surface area contributed by atoms with E-state index in [2.05, 4.69) is 27.4 Å². The topological polar surface area (TPSA) is 37.8 Å². The minimum Gasteiger partial charge on any atom is -0.340 e. The fourth-order valence-electron chi connectivity index (χ4n) is 2.10. The van der Waals surface area contributed by atoms with Gasteiger partial charge in [-0.15, -0.1) is 0 Å². The molecular weight excluding hydrogens is 282 g/mol. The van der Waals surface area contributed by atoms with Gasteiger partial charge in [-0.05, 0) is 29.3 Å². The van der Waals surface area contributed by atoms with Gasteiger partial charge in [0.15, 0.2) is 0 Å². The van der Waals surface area contributed by atoms with Gasteiger partial charge in [-0.3, -0.25) is 0 Å². The molecule has 0 atom stereocenters. The normalized spacial score (nSPS) is 10.3. The minimum atomic E-state index is 0.241. The summed E-state index contributed by atoms with van der Waals surface area (Å²) in [4.78, 5) is 8.40. The summed E-state index contributed by atoms with van der Waals surface area (Å²) in [5.41, 5.74) is 3.19. The summed E-state index contributed by atoms with van der Waals surface area (Å²) < 4.78 is 0. The Morgan fingerprint density at radius 1 is 0.905 bits per heavy atom. The number of nitrogens with one attached hydrogen (secondary N) is 1. The first-order valence-electron chi connectivity index (χ1n) is 6.69. The molecule has 0 saturated heterocycles. The summed E-state index contributed by atoms with van der Waals surface area (Å²) in [6.45, 7) is 0. The Morgan fingerprint density at radius 3 is 2.29 bits per heavy atom. The SMILES string of the molecule is Clc1ncc(Cc2ccccc2)c(Nc2ccccc2)n1. The second-order valence-electron chi connectivity index (χ2n) is 4.67. The fraction of sp³-hybridized carbons (Fsp3) is 0.0588. The van der Waals surface area contributed by atoms with Gasteiger partial charge in [0.2, 0.25) is 5.28 Å². The minimum absolute atomic E-state index is 0.241. The quantitative estimate of drug-likeness (QED) is 0.722. The summed E-state index contributed by atoms with van der Waals surface area (Å²) >= 11 is 5.92. The van der Waals surface area contributed by atoms with Gasteiger partial charge < -0.3 is 5.32 Å².